The van der Waals surface area contributed by atoms with E-state index in [4.69, 9.17) is 22.1 Å². The number of nitrogens with two attached hydrogens (primary N) is 1. The minimum Gasteiger partial charge on any atom is -0.508 e. The lowest BCUT2D eigenvalue weighted by molar-refractivity contribution is 0.475. The summed E-state index contributed by atoms with van der Waals surface area (Å²) in [6.07, 6.45) is 1.50. The fourth-order valence-electron chi connectivity index (χ4n) is 2.09. The highest BCUT2D eigenvalue weighted by molar-refractivity contribution is 6.30. The summed E-state index contributed by atoms with van der Waals surface area (Å²) in [5.41, 5.74) is 7.30. The molecular formula is C17H18ClN5O2. The molecule has 0 aliphatic heterocycles. The second-order valence-corrected chi connectivity index (χ2v) is 5.56. The van der Waals surface area contributed by atoms with Crippen LogP contribution in [-0.2, 0) is 0 Å². The van der Waals surface area contributed by atoms with Crippen molar-refractivity contribution in [3.8, 4) is 17.2 Å². The molecule has 0 fully saturated rings. The molecule has 0 saturated heterocycles. The molecule has 0 spiro atoms. The molecule has 1 aromatic heterocycles. The van der Waals surface area contributed by atoms with Crippen molar-refractivity contribution in [3.05, 3.63) is 59.2 Å². The SMILES string of the molecule is Cc1cc(O)ccc1Nc1nc(N)ncc1Oc1ccc(Cl)cc1.N. The molecule has 0 atom stereocenters. The molecule has 130 valence electrons. The minimum atomic E-state index is 0. The largest absolute Gasteiger partial charge is 0.508 e. The van der Waals surface area contributed by atoms with Gasteiger partial charge in [-0.1, -0.05) is 11.6 Å². The molecule has 0 radical (unpaired) electrons. The summed E-state index contributed by atoms with van der Waals surface area (Å²) in [5, 5.41) is 13.3. The topological polar surface area (TPSA) is 128 Å². The number of aromatic hydroxyl groups is 1. The molecule has 0 unspecified atom stereocenters. The summed E-state index contributed by atoms with van der Waals surface area (Å²) in [7, 11) is 0. The van der Waals surface area contributed by atoms with E-state index in [1.54, 1.807) is 42.5 Å². The molecule has 3 aromatic rings. The predicted molar refractivity (Wildman–Crippen MR) is 99.1 cm³/mol. The van der Waals surface area contributed by atoms with E-state index in [1.807, 2.05) is 6.92 Å². The zero-order valence-corrected chi connectivity index (χ0v) is 14.3. The second kappa shape index (κ2) is 7.69. The quantitative estimate of drug-likeness (QED) is 0.507. The Balaban J connectivity index is 0.00000225. The lowest BCUT2D eigenvalue weighted by Gasteiger charge is -2.14. The highest BCUT2D eigenvalue weighted by Gasteiger charge is 2.11. The van der Waals surface area contributed by atoms with E-state index in [-0.39, 0.29) is 17.8 Å². The van der Waals surface area contributed by atoms with Crippen LogP contribution in [0.4, 0.5) is 17.5 Å². The van der Waals surface area contributed by atoms with Gasteiger partial charge in [0, 0.05) is 10.7 Å². The number of hydrogen-bond acceptors (Lipinski definition) is 7. The summed E-state index contributed by atoms with van der Waals surface area (Å²) < 4.78 is 5.80. The molecule has 2 aromatic carbocycles. The third-order valence-corrected chi connectivity index (χ3v) is 3.53. The number of halogens is 1. The van der Waals surface area contributed by atoms with Crippen LogP contribution in [0.3, 0.4) is 0 Å². The molecule has 0 bridgehead atoms. The van der Waals surface area contributed by atoms with E-state index < -0.39 is 0 Å². The molecule has 0 aliphatic rings. The van der Waals surface area contributed by atoms with Gasteiger partial charge in [0.2, 0.25) is 5.95 Å². The maximum absolute atomic E-state index is 9.51. The fourth-order valence-corrected chi connectivity index (χ4v) is 2.22. The number of aromatic nitrogens is 2. The first kappa shape index (κ1) is 18.3. The van der Waals surface area contributed by atoms with Crippen molar-refractivity contribution < 1.29 is 9.84 Å². The van der Waals surface area contributed by atoms with E-state index in [0.717, 1.165) is 11.3 Å². The lowest BCUT2D eigenvalue weighted by atomic mass is 10.2. The number of ether oxygens (including phenoxy) is 1. The average molecular weight is 360 g/mol. The minimum absolute atomic E-state index is 0. The number of anilines is 3. The molecule has 8 heteroatoms. The number of hydrogen-bond donors (Lipinski definition) is 4. The zero-order chi connectivity index (χ0) is 17.1. The Hall–Kier alpha value is -3.03. The average Bonchev–Trinajstić information content (AvgIpc) is 2.54. The molecule has 0 saturated carbocycles. The maximum Gasteiger partial charge on any atom is 0.222 e. The fraction of sp³-hybridized carbons (Fsp3) is 0.0588. The number of phenolic OH excluding ortho intramolecular Hbond substituents is 1. The third kappa shape index (κ3) is 4.50. The first-order valence-electron chi connectivity index (χ1n) is 7.14. The van der Waals surface area contributed by atoms with Gasteiger partial charge in [0.25, 0.3) is 0 Å². The molecule has 3 rings (SSSR count). The van der Waals surface area contributed by atoms with E-state index in [2.05, 4.69) is 15.3 Å². The van der Waals surface area contributed by atoms with Gasteiger partial charge in [0.1, 0.15) is 11.5 Å². The normalized spacial score (nSPS) is 10.0. The van der Waals surface area contributed by atoms with Crippen LogP contribution in [0.5, 0.6) is 17.2 Å². The van der Waals surface area contributed by atoms with Gasteiger partial charge in [-0.25, -0.2) is 4.98 Å². The van der Waals surface area contributed by atoms with Gasteiger partial charge in [-0.2, -0.15) is 4.98 Å². The Morgan fingerprint density at radius 1 is 1.16 bits per heavy atom. The first-order valence-corrected chi connectivity index (χ1v) is 7.51. The summed E-state index contributed by atoms with van der Waals surface area (Å²) in [6.45, 7) is 1.87. The molecule has 0 amide bonds. The van der Waals surface area contributed by atoms with E-state index in [9.17, 15) is 5.11 Å². The van der Waals surface area contributed by atoms with Crippen molar-refractivity contribution >= 4 is 29.1 Å². The number of nitrogen functional groups attached to an aromatic ring is 1. The van der Waals surface area contributed by atoms with E-state index >= 15 is 0 Å². The van der Waals surface area contributed by atoms with Crippen LogP contribution in [-0.4, -0.2) is 15.1 Å². The Kier molecular flexibility index (Phi) is 5.63. The third-order valence-electron chi connectivity index (χ3n) is 3.28. The van der Waals surface area contributed by atoms with Crippen molar-refractivity contribution in [1.82, 2.24) is 16.1 Å². The molecule has 0 aliphatic carbocycles. The van der Waals surface area contributed by atoms with Crippen molar-refractivity contribution in [2.24, 2.45) is 0 Å². The van der Waals surface area contributed by atoms with Crippen molar-refractivity contribution in [1.29, 1.82) is 0 Å². The summed E-state index contributed by atoms with van der Waals surface area (Å²) in [6, 6.07) is 11.9. The number of benzene rings is 2. The molecule has 7 N–H and O–H groups in total. The number of rotatable bonds is 4. The van der Waals surface area contributed by atoms with Crippen molar-refractivity contribution in [2.45, 2.75) is 6.92 Å². The van der Waals surface area contributed by atoms with Crippen LogP contribution in [0.15, 0.2) is 48.7 Å². The Morgan fingerprint density at radius 2 is 1.88 bits per heavy atom. The van der Waals surface area contributed by atoms with Gasteiger partial charge in [0.15, 0.2) is 11.6 Å². The van der Waals surface area contributed by atoms with Crippen LogP contribution >= 0.6 is 11.6 Å². The van der Waals surface area contributed by atoms with Crippen molar-refractivity contribution in [3.63, 3.8) is 0 Å². The number of nitrogens with zero attached hydrogens (tertiary/aromatic N) is 2. The Labute approximate surface area is 150 Å². The molecule has 25 heavy (non-hydrogen) atoms. The van der Waals surface area contributed by atoms with Gasteiger partial charge in [-0.05, 0) is 55.0 Å². The molecular weight excluding hydrogens is 342 g/mol. The van der Waals surface area contributed by atoms with Gasteiger partial charge in [-0.15, -0.1) is 0 Å². The monoisotopic (exact) mass is 359 g/mol. The summed E-state index contributed by atoms with van der Waals surface area (Å²) in [5.74, 6) is 1.75. The van der Waals surface area contributed by atoms with Gasteiger partial charge in [0.05, 0.1) is 6.20 Å². The van der Waals surface area contributed by atoms with Crippen LogP contribution in [0, 0.1) is 6.92 Å². The number of phenols is 1. The molecule has 7 nitrogen and oxygen atoms in total. The highest BCUT2D eigenvalue weighted by atomic mass is 35.5. The standard InChI is InChI=1S/C17H15ClN4O2.H3N/c1-10-8-12(23)4-7-14(10)21-16-15(9-20-17(19)22-16)24-13-5-2-11(18)3-6-13;/h2-9,23H,1H3,(H3,19,20,21,22);1H3. The van der Waals surface area contributed by atoms with E-state index in [0.29, 0.717) is 22.3 Å². The summed E-state index contributed by atoms with van der Waals surface area (Å²) >= 11 is 5.87. The predicted octanol–water partition coefficient (Wildman–Crippen LogP) is 4.42. The van der Waals surface area contributed by atoms with Crippen LogP contribution in [0.25, 0.3) is 0 Å². The Bertz CT molecular complexity index is 871. The number of nitrogens with one attached hydrogen (secondary N) is 1. The maximum atomic E-state index is 9.51. The van der Waals surface area contributed by atoms with Crippen LogP contribution < -0.4 is 21.9 Å². The first-order chi connectivity index (χ1) is 11.5. The van der Waals surface area contributed by atoms with Crippen LogP contribution in [0.2, 0.25) is 5.02 Å². The number of aryl methyl sites for hydroxylation is 1. The van der Waals surface area contributed by atoms with Crippen LogP contribution in [0.1, 0.15) is 5.56 Å². The second-order valence-electron chi connectivity index (χ2n) is 5.12. The molecule has 1 heterocycles. The van der Waals surface area contributed by atoms with Crippen molar-refractivity contribution in [2.75, 3.05) is 11.1 Å². The van der Waals surface area contributed by atoms with E-state index in [1.165, 1.54) is 6.20 Å². The van der Waals surface area contributed by atoms with Gasteiger partial charge >= 0.3 is 0 Å². The lowest BCUT2D eigenvalue weighted by Crippen LogP contribution is -2.03. The summed E-state index contributed by atoms with van der Waals surface area (Å²) in [4.78, 5) is 8.15. The smallest absolute Gasteiger partial charge is 0.222 e. The highest BCUT2D eigenvalue weighted by Crippen LogP contribution is 2.32. The Morgan fingerprint density at radius 3 is 2.56 bits per heavy atom. The van der Waals surface area contributed by atoms with Gasteiger partial charge in [-0.3, -0.25) is 0 Å². The van der Waals surface area contributed by atoms with Gasteiger partial charge < -0.3 is 27.0 Å². The zero-order valence-electron chi connectivity index (χ0n) is 13.5.